The van der Waals surface area contributed by atoms with E-state index in [1.54, 1.807) is 38.2 Å². The van der Waals surface area contributed by atoms with Crippen LogP contribution >= 0.6 is 0 Å². The Balaban J connectivity index is 1.43. The Morgan fingerprint density at radius 1 is 1.02 bits per heavy atom. The lowest BCUT2D eigenvalue weighted by atomic mass is 9.97. The number of carboxylic acid groups (broad SMARTS) is 1. The van der Waals surface area contributed by atoms with Gasteiger partial charge in [-0.05, 0) is 74.7 Å². The minimum Gasteiger partial charge on any atom is -0.493 e. The second-order valence-electron chi connectivity index (χ2n) is 9.63. The molecule has 208 valence electrons. The van der Waals surface area contributed by atoms with Crippen LogP contribution in [0.25, 0.3) is 22.7 Å². The summed E-state index contributed by atoms with van der Waals surface area (Å²) in [7, 11) is 0. The van der Waals surface area contributed by atoms with Crippen LogP contribution in [-0.2, 0) is 27.2 Å². The van der Waals surface area contributed by atoms with Crippen molar-refractivity contribution < 1.29 is 28.6 Å². The van der Waals surface area contributed by atoms with Crippen molar-refractivity contribution in [3.63, 3.8) is 0 Å². The van der Waals surface area contributed by atoms with Gasteiger partial charge >= 0.3 is 11.9 Å². The number of aromatic nitrogens is 2. The van der Waals surface area contributed by atoms with Gasteiger partial charge in [-0.3, -0.25) is 9.78 Å². The van der Waals surface area contributed by atoms with Crippen molar-refractivity contribution in [2.45, 2.75) is 52.2 Å². The van der Waals surface area contributed by atoms with Gasteiger partial charge in [0, 0.05) is 30.2 Å². The molecular formula is C31H33N3O6. The highest BCUT2D eigenvalue weighted by atomic mass is 16.5. The Morgan fingerprint density at radius 2 is 1.77 bits per heavy atom. The molecule has 9 heteroatoms. The van der Waals surface area contributed by atoms with Crippen LogP contribution in [-0.4, -0.2) is 39.7 Å². The topological polar surface area (TPSA) is 138 Å². The number of hydrogen-bond acceptors (Lipinski definition) is 8. The molecule has 2 heterocycles. The Hall–Kier alpha value is -4.50. The van der Waals surface area contributed by atoms with E-state index in [9.17, 15) is 9.59 Å². The Labute approximate surface area is 233 Å². The molecule has 0 fully saturated rings. The number of oxazole rings is 1. The molecule has 4 aromatic rings. The molecular weight excluding hydrogens is 510 g/mol. The quantitative estimate of drug-likeness (QED) is 0.228. The fourth-order valence-corrected chi connectivity index (χ4v) is 4.22. The zero-order chi connectivity index (χ0) is 28.6. The zero-order valence-electron chi connectivity index (χ0n) is 22.8. The predicted octanol–water partition coefficient (Wildman–Crippen LogP) is 5.30. The number of aryl methyl sites for hydroxylation is 2. The van der Waals surface area contributed by atoms with E-state index >= 15 is 0 Å². The van der Waals surface area contributed by atoms with Crippen LogP contribution in [0.1, 0.15) is 48.9 Å². The monoisotopic (exact) mass is 543 g/mol. The SMILES string of the molecule is Cc1oc(-c2ccc(-c3ccccn3)cc2)nc1CCOc1ccc(CCC(=O)O)c(C(N)C(=O)OC(C)C)c1. The highest BCUT2D eigenvalue weighted by Gasteiger charge is 2.23. The first-order valence-electron chi connectivity index (χ1n) is 13.1. The standard InChI is InChI=1S/C31H33N3O6/c1-19(2)39-31(37)29(32)25-18-24(13-11-21(25)12-14-28(35)36)38-17-15-26-20(3)40-30(34-26)23-9-7-22(8-10-23)27-6-4-5-16-33-27/h4-11,13,16,18-19,29H,12,14-15,17,32H2,1-3H3,(H,35,36). The fraction of sp³-hybridized carbons (Fsp3) is 0.290. The van der Waals surface area contributed by atoms with Gasteiger partial charge in [-0.2, -0.15) is 0 Å². The van der Waals surface area contributed by atoms with Crippen LogP contribution in [0, 0.1) is 6.92 Å². The molecule has 40 heavy (non-hydrogen) atoms. The van der Waals surface area contributed by atoms with Crippen LogP contribution in [0.4, 0.5) is 0 Å². The first kappa shape index (κ1) is 28.5. The van der Waals surface area contributed by atoms with Gasteiger partial charge in [0.1, 0.15) is 17.6 Å². The lowest BCUT2D eigenvalue weighted by molar-refractivity contribution is -0.149. The molecule has 0 spiro atoms. The number of pyridine rings is 1. The number of carbonyl (C=O) groups is 2. The van der Waals surface area contributed by atoms with Gasteiger partial charge in [0.2, 0.25) is 5.89 Å². The molecule has 0 saturated carbocycles. The maximum absolute atomic E-state index is 12.5. The van der Waals surface area contributed by atoms with Gasteiger partial charge in [-0.25, -0.2) is 9.78 Å². The summed E-state index contributed by atoms with van der Waals surface area (Å²) in [6, 6.07) is 17.8. The van der Waals surface area contributed by atoms with Gasteiger partial charge in [-0.1, -0.05) is 24.3 Å². The normalized spacial score (nSPS) is 11.8. The summed E-state index contributed by atoms with van der Waals surface area (Å²) in [5.41, 5.74) is 10.9. The lowest BCUT2D eigenvalue weighted by Gasteiger charge is -2.18. The van der Waals surface area contributed by atoms with Crippen LogP contribution in [0.15, 0.2) is 71.3 Å². The molecule has 0 aliphatic heterocycles. The number of esters is 1. The number of carboxylic acids is 1. The maximum atomic E-state index is 12.5. The highest BCUT2D eigenvalue weighted by molar-refractivity contribution is 5.78. The minimum atomic E-state index is -1.06. The van der Waals surface area contributed by atoms with E-state index in [0.29, 0.717) is 41.6 Å². The fourth-order valence-electron chi connectivity index (χ4n) is 4.22. The molecule has 0 aliphatic carbocycles. The second-order valence-corrected chi connectivity index (χ2v) is 9.63. The van der Waals surface area contributed by atoms with E-state index in [-0.39, 0.29) is 18.9 Å². The summed E-state index contributed by atoms with van der Waals surface area (Å²) < 4.78 is 17.1. The molecule has 1 atom stereocenters. The van der Waals surface area contributed by atoms with E-state index in [1.807, 2.05) is 49.4 Å². The highest BCUT2D eigenvalue weighted by Crippen LogP contribution is 2.27. The van der Waals surface area contributed by atoms with Crippen LogP contribution < -0.4 is 10.5 Å². The molecule has 0 bridgehead atoms. The molecule has 4 rings (SSSR count). The van der Waals surface area contributed by atoms with Crippen LogP contribution in [0.5, 0.6) is 5.75 Å². The van der Waals surface area contributed by atoms with Crippen LogP contribution in [0.3, 0.4) is 0 Å². The van der Waals surface area contributed by atoms with E-state index in [2.05, 4.69) is 9.97 Å². The first-order valence-corrected chi connectivity index (χ1v) is 13.1. The van der Waals surface area contributed by atoms with Crippen molar-refractivity contribution in [2.75, 3.05) is 6.61 Å². The van der Waals surface area contributed by atoms with E-state index in [4.69, 9.17) is 24.7 Å². The number of rotatable bonds is 12. The number of nitrogens with zero attached hydrogens (tertiary/aromatic N) is 2. The Kier molecular flexibility index (Phi) is 9.29. The van der Waals surface area contributed by atoms with Gasteiger partial charge < -0.3 is 24.7 Å². The van der Waals surface area contributed by atoms with E-state index < -0.39 is 18.0 Å². The maximum Gasteiger partial charge on any atom is 0.327 e. The summed E-state index contributed by atoms with van der Waals surface area (Å²) in [4.78, 5) is 32.6. The molecule has 0 radical (unpaired) electrons. The third-order valence-electron chi connectivity index (χ3n) is 6.26. The predicted molar refractivity (Wildman–Crippen MR) is 150 cm³/mol. The number of nitrogens with two attached hydrogens (primary N) is 1. The van der Waals surface area contributed by atoms with Crippen LogP contribution in [0.2, 0.25) is 0 Å². The number of benzene rings is 2. The van der Waals surface area contributed by atoms with Gasteiger partial charge in [0.25, 0.3) is 0 Å². The Morgan fingerprint density at radius 3 is 2.45 bits per heavy atom. The number of carbonyl (C=O) groups excluding carboxylic acids is 1. The average molecular weight is 544 g/mol. The smallest absolute Gasteiger partial charge is 0.327 e. The number of aliphatic carboxylic acids is 1. The molecule has 0 amide bonds. The molecule has 3 N–H and O–H groups in total. The van der Waals surface area contributed by atoms with Crippen molar-refractivity contribution in [3.05, 3.63) is 89.4 Å². The van der Waals surface area contributed by atoms with Crippen molar-refractivity contribution in [2.24, 2.45) is 5.73 Å². The summed E-state index contributed by atoms with van der Waals surface area (Å²) in [6.07, 6.45) is 2.09. The second kappa shape index (κ2) is 13.0. The molecule has 0 saturated heterocycles. The van der Waals surface area contributed by atoms with Crippen molar-refractivity contribution in [1.82, 2.24) is 9.97 Å². The largest absolute Gasteiger partial charge is 0.493 e. The minimum absolute atomic E-state index is 0.0845. The van der Waals surface area contributed by atoms with Gasteiger partial charge in [0.05, 0.1) is 24.1 Å². The molecule has 2 aromatic carbocycles. The lowest BCUT2D eigenvalue weighted by Crippen LogP contribution is -2.27. The summed E-state index contributed by atoms with van der Waals surface area (Å²) in [5.74, 6) is 0.224. The molecule has 1 unspecified atom stereocenters. The molecule has 9 nitrogen and oxygen atoms in total. The molecule has 2 aromatic heterocycles. The summed E-state index contributed by atoms with van der Waals surface area (Å²) >= 11 is 0. The zero-order valence-corrected chi connectivity index (χ0v) is 22.8. The number of ether oxygens (including phenoxy) is 2. The summed E-state index contributed by atoms with van der Waals surface area (Å²) in [5, 5.41) is 9.10. The third kappa shape index (κ3) is 7.33. The van der Waals surface area contributed by atoms with E-state index in [0.717, 1.165) is 22.5 Å². The summed E-state index contributed by atoms with van der Waals surface area (Å²) in [6.45, 7) is 5.65. The molecule has 0 aliphatic rings. The van der Waals surface area contributed by atoms with Gasteiger partial charge in [-0.15, -0.1) is 0 Å². The van der Waals surface area contributed by atoms with E-state index in [1.165, 1.54) is 0 Å². The number of hydrogen-bond donors (Lipinski definition) is 2. The van der Waals surface area contributed by atoms with Crippen molar-refractivity contribution >= 4 is 11.9 Å². The average Bonchev–Trinajstić information content (AvgIpc) is 3.32. The van der Waals surface area contributed by atoms with Gasteiger partial charge in [0.15, 0.2) is 0 Å². The third-order valence-corrected chi connectivity index (χ3v) is 6.26. The Bertz CT molecular complexity index is 1450. The first-order chi connectivity index (χ1) is 19.2. The van der Waals surface area contributed by atoms with Crippen molar-refractivity contribution in [1.29, 1.82) is 0 Å². The van der Waals surface area contributed by atoms with Crippen molar-refractivity contribution in [3.8, 4) is 28.5 Å².